The first-order valence-electron chi connectivity index (χ1n) is 8.70. The van der Waals surface area contributed by atoms with Gasteiger partial charge in [0.05, 0.1) is 4.88 Å². The van der Waals surface area contributed by atoms with Gasteiger partial charge < -0.3 is 10.6 Å². The molecule has 0 radical (unpaired) electrons. The fraction of sp³-hybridized carbons (Fsp3) is 0.421. The van der Waals surface area contributed by atoms with E-state index in [2.05, 4.69) is 10.6 Å². The van der Waals surface area contributed by atoms with Crippen LogP contribution in [0.25, 0.3) is 0 Å². The lowest BCUT2D eigenvalue weighted by Gasteiger charge is -2.33. The molecule has 26 heavy (non-hydrogen) atoms. The Morgan fingerprint density at radius 2 is 2.04 bits per heavy atom. The Morgan fingerprint density at radius 3 is 2.81 bits per heavy atom. The lowest BCUT2D eigenvalue weighted by molar-refractivity contribution is 0.0928. The van der Waals surface area contributed by atoms with Crippen LogP contribution < -0.4 is 10.6 Å². The molecule has 140 valence electrons. The third-order valence-corrected chi connectivity index (χ3v) is 6.38. The molecule has 1 aromatic carbocycles. The van der Waals surface area contributed by atoms with Gasteiger partial charge in [-0.15, -0.1) is 23.7 Å². The van der Waals surface area contributed by atoms with Crippen LogP contribution in [0.1, 0.15) is 44.4 Å². The molecule has 2 aliphatic rings. The number of carbonyl (C=O) groups excluding carboxylic acids is 1. The van der Waals surface area contributed by atoms with E-state index in [0.29, 0.717) is 6.54 Å². The summed E-state index contributed by atoms with van der Waals surface area (Å²) in [6.45, 7) is 1.42. The van der Waals surface area contributed by atoms with Crippen LogP contribution in [0.2, 0.25) is 0 Å². The maximum Gasteiger partial charge on any atom is 0.261 e. The molecule has 1 saturated heterocycles. The number of aryl methyl sites for hydroxylation is 2. The number of hydrogen-bond donors (Lipinski definition) is 2. The second-order valence-corrected chi connectivity index (χ2v) is 7.90. The van der Waals surface area contributed by atoms with Gasteiger partial charge in [0.1, 0.15) is 0 Å². The van der Waals surface area contributed by atoms with E-state index in [1.807, 2.05) is 6.07 Å². The summed E-state index contributed by atoms with van der Waals surface area (Å²) < 4.78 is 26.8. The summed E-state index contributed by atoms with van der Waals surface area (Å²) in [5.41, 5.74) is 2.04. The van der Waals surface area contributed by atoms with E-state index in [1.165, 1.54) is 22.9 Å². The maximum atomic E-state index is 13.6. The normalized spacial score (nSPS) is 21.8. The first-order valence-corrected chi connectivity index (χ1v) is 9.51. The van der Waals surface area contributed by atoms with Gasteiger partial charge in [0.15, 0.2) is 11.6 Å². The second-order valence-electron chi connectivity index (χ2n) is 6.77. The van der Waals surface area contributed by atoms with Gasteiger partial charge in [0, 0.05) is 23.4 Å². The molecule has 1 aliphatic heterocycles. The van der Waals surface area contributed by atoms with Gasteiger partial charge in [-0.05, 0) is 61.6 Å². The number of halogens is 3. The van der Waals surface area contributed by atoms with Crippen LogP contribution in [0.3, 0.4) is 0 Å². The highest BCUT2D eigenvalue weighted by Crippen LogP contribution is 2.31. The Bertz CT molecular complexity index is 789. The van der Waals surface area contributed by atoms with E-state index in [-0.39, 0.29) is 30.3 Å². The van der Waals surface area contributed by atoms with Gasteiger partial charge in [-0.3, -0.25) is 4.79 Å². The van der Waals surface area contributed by atoms with Crippen LogP contribution >= 0.6 is 23.7 Å². The second kappa shape index (κ2) is 8.03. The van der Waals surface area contributed by atoms with Crippen LogP contribution in [0.5, 0.6) is 0 Å². The van der Waals surface area contributed by atoms with Crippen LogP contribution in [0, 0.1) is 11.6 Å². The number of amides is 1. The minimum Gasteiger partial charge on any atom is -0.347 e. The molecular weight excluding hydrogens is 378 g/mol. The largest absolute Gasteiger partial charge is 0.347 e. The number of fused-ring (bicyclic) bond motifs is 1. The molecule has 1 aliphatic carbocycles. The molecule has 0 saturated carbocycles. The predicted octanol–water partition coefficient (Wildman–Crippen LogP) is 3.81. The van der Waals surface area contributed by atoms with E-state index >= 15 is 0 Å². The number of nitrogens with one attached hydrogen (secondary N) is 2. The van der Waals surface area contributed by atoms with Crippen molar-refractivity contribution in [1.29, 1.82) is 0 Å². The zero-order chi connectivity index (χ0) is 17.4. The average molecular weight is 399 g/mol. The van der Waals surface area contributed by atoms with Gasteiger partial charge in [-0.2, -0.15) is 0 Å². The topological polar surface area (TPSA) is 41.1 Å². The summed E-state index contributed by atoms with van der Waals surface area (Å²) >= 11 is 1.58. The molecule has 2 aromatic rings. The molecule has 4 rings (SSSR count). The highest BCUT2D eigenvalue weighted by molar-refractivity contribution is 7.14. The van der Waals surface area contributed by atoms with Crippen molar-refractivity contribution >= 4 is 29.7 Å². The Balaban J connectivity index is 0.00000196. The third-order valence-electron chi connectivity index (χ3n) is 5.14. The first kappa shape index (κ1) is 19.3. The monoisotopic (exact) mass is 398 g/mol. The van der Waals surface area contributed by atoms with Crippen molar-refractivity contribution in [2.45, 2.75) is 37.6 Å². The van der Waals surface area contributed by atoms with Gasteiger partial charge >= 0.3 is 0 Å². The summed E-state index contributed by atoms with van der Waals surface area (Å²) in [6.07, 6.45) is 4.07. The van der Waals surface area contributed by atoms with E-state index in [9.17, 15) is 13.6 Å². The molecule has 2 unspecified atom stereocenters. The average Bonchev–Trinajstić information content (AvgIpc) is 3.20. The van der Waals surface area contributed by atoms with Crippen molar-refractivity contribution in [2.75, 3.05) is 13.1 Å². The Morgan fingerprint density at radius 1 is 1.19 bits per heavy atom. The van der Waals surface area contributed by atoms with Crippen LogP contribution in [0.4, 0.5) is 8.78 Å². The van der Waals surface area contributed by atoms with Crippen molar-refractivity contribution < 1.29 is 13.6 Å². The third kappa shape index (κ3) is 3.77. The highest BCUT2D eigenvalue weighted by Gasteiger charge is 2.29. The van der Waals surface area contributed by atoms with Crippen LogP contribution in [-0.4, -0.2) is 25.0 Å². The number of hydrogen-bond acceptors (Lipinski definition) is 3. The zero-order valence-corrected chi connectivity index (χ0v) is 15.8. The molecule has 2 heterocycles. The first-order chi connectivity index (χ1) is 12.1. The van der Waals surface area contributed by atoms with Crippen molar-refractivity contribution in [2.24, 2.45) is 0 Å². The summed E-state index contributed by atoms with van der Waals surface area (Å²) in [5.74, 6) is -1.77. The van der Waals surface area contributed by atoms with Crippen LogP contribution in [-0.2, 0) is 12.8 Å². The standard InChI is InChI=1S/C19H20F2N2OS.ClH/c20-14-5-4-11(8-15(14)21)13-6-7-22-10-16(13)23-19(24)18-9-12-2-1-3-17(12)25-18;/h4-5,8-9,13,16,22H,1-3,6-7,10H2,(H,23,24);1H. The Hall–Kier alpha value is -1.50. The van der Waals surface area contributed by atoms with Crippen molar-refractivity contribution in [3.63, 3.8) is 0 Å². The molecule has 0 bridgehead atoms. The molecule has 0 spiro atoms. The lowest BCUT2D eigenvalue weighted by atomic mass is 9.86. The lowest BCUT2D eigenvalue weighted by Crippen LogP contribution is -2.49. The Labute approximate surface area is 161 Å². The van der Waals surface area contributed by atoms with Gasteiger partial charge in [0.2, 0.25) is 0 Å². The minimum absolute atomic E-state index is 0. The number of benzene rings is 1. The molecule has 2 N–H and O–H groups in total. The van der Waals surface area contributed by atoms with Crippen molar-refractivity contribution in [3.05, 3.63) is 56.8 Å². The van der Waals surface area contributed by atoms with Gasteiger partial charge in [-0.25, -0.2) is 8.78 Å². The SMILES string of the molecule is Cl.O=C(NC1CNCCC1c1ccc(F)c(F)c1)c1cc2c(s1)CCC2. The van der Waals surface area contributed by atoms with Gasteiger partial charge in [-0.1, -0.05) is 6.07 Å². The molecule has 7 heteroatoms. The smallest absolute Gasteiger partial charge is 0.261 e. The predicted molar refractivity (Wildman–Crippen MR) is 101 cm³/mol. The summed E-state index contributed by atoms with van der Waals surface area (Å²) in [4.78, 5) is 14.7. The molecule has 1 aromatic heterocycles. The quantitative estimate of drug-likeness (QED) is 0.825. The van der Waals surface area contributed by atoms with E-state index in [1.54, 1.807) is 17.4 Å². The fourth-order valence-corrected chi connectivity index (χ4v) is 4.99. The summed E-state index contributed by atoms with van der Waals surface area (Å²) in [7, 11) is 0. The highest BCUT2D eigenvalue weighted by atomic mass is 35.5. The number of thiophene rings is 1. The zero-order valence-electron chi connectivity index (χ0n) is 14.2. The molecule has 3 nitrogen and oxygen atoms in total. The maximum absolute atomic E-state index is 13.6. The van der Waals surface area contributed by atoms with Crippen molar-refractivity contribution in [3.8, 4) is 0 Å². The minimum atomic E-state index is -0.841. The Kier molecular flexibility index (Phi) is 5.95. The molecule has 2 atom stereocenters. The number of carbonyl (C=O) groups is 1. The fourth-order valence-electron chi connectivity index (χ4n) is 3.83. The molecule has 1 fully saturated rings. The summed E-state index contributed by atoms with van der Waals surface area (Å²) in [6, 6.07) is 5.90. The number of rotatable bonds is 3. The van der Waals surface area contributed by atoms with Gasteiger partial charge in [0.25, 0.3) is 5.91 Å². The van der Waals surface area contributed by atoms with E-state index in [4.69, 9.17) is 0 Å². The summed E-state index contributed by atoms with van der Waals surface area (Å²) in [5, 5.41) is 6.38. The van der Waals surface area contributed by atoms with E-state index < -0.39 is 11.6 Å². The number of piperidine rings is 1. The van der Waals surface area contributed by atoms with Crippen molar-refractivity contribution in [1.82, 2.24) is 10.6 Å². The molecular formula is C19H21ClF2N2OS. The van der Waals surface area contributed by atoms with Crippen LogP contribution in [0.15, 0.2) is 24.3 Å². The molecule has 1 amide bonds. The van der Waals surface area contributed by atoms with E-state index in [0.717, 1.165) is 42.3 Å².